The first-order chi connectivity index (χ1) is 6.70. The molecule has 3 heteroatoms. The lowest BCUT2D eigenvalue weighted by molar-refractivity contribution is 0.131. The molecule has 14 heavy (non-hydrogen) atoms. The van der Waals surface area contributed by atoms with E-state index in [2.05, 4.69) is 29.5 Å². The molecule has 2 nitrogen and oxygen atoms in total. The Morgan fingerprint density at radius 1 is 1.57 bits per heavy atom. The Kier molecular flexibility index (Phi) is 2.88. The minimum atomic E-state index is 0.506. The van der Waals surface area contributed by atoms with E-state index in [1.54, 1.807) is 11.3 Å². The molecule has 1 aromatic rings. The molecule has 0 aliphatic carbocycles. The molecule has 0 spiro atoms. The fourth-order valence-electron chi connectivity index (χ4n) is 2.35. The highest BCUT2D eigenvalue weighted by molar-refractivity contribution is 7.09. The first-order valence-corrected chi connectivity index (χ1v) is 6.17. The predicted octanol–water partition coefficient (Wildman–Crippen LogP) is 2.32. The number of nitrogens with zero attached hydrogens (tertiary/aromatic N) is 1. The molecule has 1 aliphatic rings. The first-order valence-electron chi connectivity index (χ1n) is 5.29. The van der Waals surface area contributed by atoms with Gasteiger partial charge in [0.2, 0.25) is 0 Å². The summed E-state index contributed by atoms with van der Waals surface area (Å²) in [5.41, 5.74) is 0.506. The van der Waals surface area contributed by atoms with Crippen LogP contribution in [0.2, 0.25) is 0 Å². The van der Waals surface area contributed by atoms with E-state index in [4.69, 9.17) is 0 Å². The maximum Gasteiger partial charge on any atom is 0.0931 e. The number of thiazole rings is 1. The summed E-state index contributed by atoms with van der Waals surface area (Å²) in [6, 6.07) is 0. The van der Waals surface area contributed by atoms with Crippen molar-refractivity contribution >= 4 is 11.3 Å². The summed E-state index contributed by atoms with van der Waals surface area (Å²) in [6.45, 7) is 6.96. The lowest BCUT2D eigenvalue weighted by Gasteiger charge is -2.43. The summed E-state index contributed by atoms with van der Waals surface area (Å²) in [5.74, 6) is 0.789. The Labute approximate surface area is 89.8 Å². The van der Waals surface area contributed by atoms with Crippen LogP contribution in [-0.2, 0) is 6.42 Å². The second kappa shape index (κ2) is 3.99. The molecule has 0 saturated carbocycles. The normalized spacial score (nSPS) is 19.6. The third-order valence-electron chi connectivity index (χ3n) is 2.85. The van der Waals surface area contributed by atoms with Crippen molar-refractivity contribution < 1.29 is 0 Å². The number of aromatic nitrogens is 1. The van der Waals surface area contributed by atoms with Gasteiger partial charge in [0.05, 0.1) is 5.01 Å². The van der Waals surface area contributed by atoms with Crippen LogP contribution >= 0.6 is 11.3 Å². The number of hydrogen-bond donors (Lipinski definition) is 1. The van der Waals surface area contributed by atoms with E-state index >= 15 is 0 Å². The monoisotopic (exact) mass is 210 g/mol. The third kappa shape index (κ3) is 2.15. The predicted molar refractivity (Wildman–Crippen MR) is 60.6 cm³/mol. The summed E-state index contributed by atoms with van der Waals surface area (Å²) >= 11 is 1.79. The van der Waals surface area contributed by atoms with E-state index in [1.165, 1.54) is 24.5 Å². The van der Waals surface area contributed by atoms with Crippen molar-refractivity contribution in [2.45, 2.75) is 26.7 Å². The van der Waals surface area contributed by atoms with E-state index < -0.39 is 0 Å². The fourth-order valence-corrected chi connectivity index (χ4v) is 3.14. The topological polar surface area (TPSA) is 24.9 Å². The summed E-state index contributed by atoms with van der Waals surface area (Å²) in [4.78, 5) is 4.38. The standard InChI is InChI=1S/C11H18N2S/c1-9(2)5-11(7-12-8-11)6-10-13-3-4-14-10/h3-4,9,12H,5-8H2,1-2H3. The van der Waals surface area contributed by atoms with Crippen LogP contribution in [0, 0.1) is 11.3 Å². The highest BCUT2D eigenvalue weighted by atomic mass is 32.1. The smallest absolute Gasteiger partial charge is 0.0931 e. The molecule has 0 unspecified atom stereocenters. The van der Waals surface area contributed by atoms with Gasteiger partial charge in [-0.15, -0.1) is 11.3 Å². The second-order valence-electron chi connectivity index (χ2n) is 4.80. The van der Waals surface area contributed by atoms with Gasteiger partial charge in [-0.25, -0.2) is 4.98 Å². The maximum atomic E-state index is 4.38. The van der Waals surface area contributed by atoms with Crippen molar-refractivity contribution in [3.63, 3.8) is 0 Å². The van der Waals surface area contributed by atoms with Gasteiger partial charge in [-0.05, 0) is 12.3 Å². The Balaban J connectivity index is 1.99. The molecule has 1 aromatic heterocycles. The highest BCUT2D eigenvalue weighted by Crippen LogP contribution is 2.34. The van der Waals surface area contributed by atoms with Gasteiger partial charge in [0.1, 0.15) is 0 Å². The molecular formula is C11H18N2S. The van der Waals surface area contributed by atoms with Crippen LogP contribution in [0.1, 0.15) is 25.3 Å². The molecule has 2 heterocycles. The molecule has 1 saturated heterocycles. The van der Waals surface area contributed by atoms with Gasteiger partial charge in [0.25, 0.3) is 0 Å². The molecule has 0 radical (unpaired) electrons. The van der Waals surface area contributed by atoms with Crippen molar-refractivity contribution in [2.24, 2.45) is 11.3 Å². The van der Waals surface area contributed by atoms with Crippen molar-refractivity contribution in [2.75, 3.05) is 13.1 Å². The summed E-state index contributed by atoms with van der Waals surface area (Å²) in [7, 11) is 0. The fraction of sp³-hybridized carbons (Fsp3) is 0.727. The number of nitrogens with one attached hydrogen (secondary N) is 1. The summed E-state index contributed by atoms with van der Waals surface area (Å²) in [6.07, 6.45) is 4.39. The molecule has 1 aliphatic heterocycles. The SMILES string of the molecule is CC(C)CC1(Cc2nccs2)CNC1. The number of rotatable bonds is 4. The number of hydrogen-bond acceptors (Lipinski definition) is 3. The molecule has 2 rings (SSSR count). The largest absolute Gasteiger partial charge is 0.316 e. The van der Waals surface area contributed by atoms with Crippen molar-refractivity contribution in [1.82, 2.24) is 10.3 Å². The first kappa shape index (κ1) is 10.1. The Hall–Kier alpha value is -0.410. The summed E-state index contributed by atoms with van der Waals surface area (Å²) < 4.78 is 0. The van der Waals surface area contributed by atoms with Crippen LogP contribution < -0.4 is 5.32 Å². The zero-order valence-electron chi connectivity index (χ0n) is 8.92. The highest BCUT2D eigenvalue weighted by Gasteiger charge is 2.37. The average Bonchev–Trinajstić information content (AvgIpc) is 2.51. The van der Waals surface area contributed by atoms with Crippen LogP contribution in [0.25, 0.3) is 0 Å². The van der Waals surface area contributed by atoms with Gasteiger partial charge in [0.15, 0.2) is 0 Å². The minimum absolute atomic E-state index is 0.506. The minimum Gasteiger partial charge on any atom is -0.316 e. The zero-order chi connectivity index (χ0) is 10.0. The van der Waals surface area contributed by atoms with Crippen molar-refractivity contribution in [1.29, 1.82) is 0 Å². The van der Waals surface area contributed by atoms with Gasteiger partial charge in [-0.3, -0.25) is 0 Å². The van der Waals surface area contributed by atoms with Gasteiger partial charge < -0.3 is 5.32 Å². The Morgan fingerprint density at radius 3 is 2.79 bits per heavy atom. The molecule has 0 aromatic carbocycles. The summed E-state index contributed by atoms with van der Waals surface area (Å²) in [5, 5.41) is 6.77. The van der Waals surface area contributed by atoms with E-state index in [0.29, 0.717) is 5.41 Å². The van der Waals surface area contributed by atoms with Gasteiger partial charge in [-0.2, -0.15) is 0 Å². The van der Waals surface area contributed by atoms with E-state index in [0.717, 1.165) is 12.3 Å². The molecule has 0 amide bonds. The molecule has 1 N–H and O–H groups in total. The van der Waals surface area contributed by atoms with Crippen LogP contribution in [0.5, 0.6) is 0 Å². The van der Waals surface area contributed by atoms with Crippen LogP contribution in [0.3, 0.4) is 0 Å². The van der Waals surface area contributed by atoms with Crippen LogP contribution in [-0.4, -0.2) is 18.1 Å². The molecule has 0 bridgehead atoms. The van der Waals surface area contributed by atoms with Gasteiger partial charge >= 0.3 is 0 Å². The molecule has 0 atom stereocenters. The molecule has 1 fully saturated rings. The van der Waals surface area contributed by atoms with Crippen LogP contribution in [0.4, 0.5) is 0 Å². The van der Waals surface area contributed by atoms with E-state index in [-0.39, 0.29) is 0 Å². The van der Waals surface area contributed by atoms with E-state index in [1.807, 2.05) is 6.20 Å². The Bertz CT molecular complexity index is 275. The lowest BCUT2D eigenvalue weighted by Crippen LogP contribution is -2.55. The van der Waals surface area contributed by atoms with Crippen LogP contribution in [0.15, 0.2) is 11.6 Å². The van der Waals surface area contributed by atoms with Gasteiger partial charge in [0, 0.05) is 36.5 Å². The Morgan fingerprint density at radius 2 is 2.36 bits per heavy atom. The molecular weight excluding hydrogens is 192 g/mol. The van der Waals surface area contributed by atoms with Gasteiger partial charge in [-0.1, -0.05) is 13.8 Å². The quantitative estimate of drug-likeness (QED) is 0.825. The van der Waals surface area contributed by atoms with Crippen molar-refractivity contribution in [3.8, 4) is 0 Å². The lowest BCUT2D eigenvalue weighted by atomic mass is 9.73. The average molecular weight is 210 g/mol. The zero-order valence-corrected chi connectivity index (χ0v) is 9.73. The third-order valence-corrected chi connectivity index (χ3v) is 3.63. The molecule has 78 valence electrons. The second-order valence-corrected chi connectivity index (χ2v) is 5.78. The van der Waals surface area contributed by atoms with E-state index in [9.17, 15) is 0 Å². The van der Waals surface area contributed by atoms with Crippen molar-refractivity contribution in [3.05, 3.63) is 16.6 Å². The maximum absolute atomic E-state index is 4.38.